The summed E-state index contributed by atoms with van der Waals surface area (Å²) in [7, 11) is -3.16. The number of amides is 1. The molecule has 2 fully saturated rings. The minimum absolute atomic E-state index is 0.00211. The van der Waals surface area contributed by atoms with E-state index in [1.807, 2.05) is 37.6 Å². The Kier molecular flexibility index (Phi) is 8.82. The summed E-state index contributed by atoms with van der Waals surface area (Å²) in [4.78, 5) is 22.3. The van der Waals surface area contributed by atoms with Gasteiger partial charge in [-0.2, -0.15) is 0 Å². The normalized spacial score (nSPS) is 22.0. The Balaban J connectivity index is 1.37. The van der Waals surface area contributed by atoms with Crippen LogP contribution in [0.5, 0.6) is 0 Å². The Morgan fingerprint density at radius 2 is 1.93 bits per heavy atom. The molecule has 8 nitrogen and oxygen atoms in total. The van der Waals surface area contributed by atoms with E-state index in [0.717, 1.165) is 62.6 Å². The van der Waals surface area contributed by atoms with Gasteiger partial charge in [0.1, 0.15) is 5.82 Å². The summed E-state index contributed by atoms with van der Waals surface area (Å²) in [6.07, 6.45) is 11.9. The van der Waals surface area contributed by atoms with E-state index in [0.29, 0.717) is 29.6 Å². The lowest BCUT2D eigenvalue weighted by molar-refractivity contribution is 0.0716. The maximum Gasteiger partial charge on any atom is 0.256 e. The number of benzene rings is 1. The SMILES string of the molecule is CCN(C(=O)c1cc(F)ccc1-n1cc([C@@H]2CCN(CC3CCC(NS(C)(=O)=O)CC3)C2)c2ccncc21)C(C)C. The summed E-state index contributed by atoms with van der Waals surface area (Å²) < 4.78 is 42.4. The number of hydrogen-bond donors (Lipinski definition) is 1. The Bertz CT molecular complexity index is 1500. The highest BCUT2D eigenvalue weighted by Gasteiger charge is 2.31. The summed E-state index contributed by atoms with van der Waals surface area (Å²) >= 11 is 0. The van der Waals surface area contributed by atoms with Crippen molar-refractivity contribution in [2.24, 2.45) is 5.92 Å². The molecule has 5 rings (SSSR count). The summed E-state index contributed by atoms with van der Waals surface area (Å²) in [6.45, 7) is 9.42. The fourth-order valence-corrected chi connectivity index (χ4v) is 7.64. The summed E-state index contributed by atoms with van der Waals surface area (Å²) in [5.41, 5.74) is 3.15. The summed E-state index contributed by atoms with van der Waals surface area (Å²) in [5, 5.41) is 1.11. The van der Waals surface area contributed by atoms with Gasteiger partial charge in [0.2, 0.25) is 10.0 Å². The second kappa shape index (κ2) is 12.2. The molecular formula is C31H42FN5O3S. The van der Waals surface area contributed by atoms with Gasteiger partial charge < -0.3 is 14.4 Å². The van der Waals surface area contributed by atoms with Crippen LogP contribution in [0.15, 0.2) is 42.9 Å². The average molecular weight is 584 g/mol. The first-order valence-corrected chi connectivity index (χ1v) is 16.7. The van der Waals surface area contributed by atoms with Gasteiger partial charge in [0.05, 0.1) is 29.2 Å². The van der Waals surface area contributed by atoms with Crippen LogP contribution in [0.25, 0.3) is 16.6 Å². The van der Waals surface area contributed by atoms with Gasteiger partial charge in [0.15, 0.2) is 0 Å². The third kappa shape index (κ3) is 6.65. The highest BCUT2D eigenvalue weighted by Crippen LogP contribution is 2.37. The van der Waals surface area contributed by atoms with E-state index in [1.54, 1.807) is 17.2 Å². The van der Waals surface area contributed by atoms with Gasteiger partial charge >= 0.3 is 0 Å². The number of likely N-dealkylation sites (tertiary alicyclic amines) is 1. The molecule has 10 heteroatoms. The highest BCUT2D eigenvalue weighted by molar-refractivity contribution is 7.88. The first kappa shape index (κ1) is 29.7. The molecule has 1 N–H and O–H groups in total. The fourth-order valence-electron chi connectivity index (χ4n) is 6.80. The Labute approximate surface area is 243 Å². The van der Waals surface area contributed by atoms with Gasteiger partial charge in [-0.3, -0.25) is 9.78 Å². The molecule has 1 aliphatic heterocycles. The van der Waals surface area contributed by atoms with Crippen molar-refractivity contribution in [2.45, 2.75) is 70.9 Å². The molecule has 1 atom stereocenters. The zero-order valence-electron chi connectivity index (χ0n) is 24.5. The monoisotopic (exact) mass is 583 g/mol. The molecule has 2 aliphatic rings. The molecule has 1 saturated carbocycles. The first-order chi connectivity index (χ1) is 19.5. The van der Waals surface area contributed by atoms with E-state index >= 15 is 0 Å². The minimum atomic E-state index is -3.16. The quantitative estimate of drug-likeness (QED) is 0.386. The molecule has 1 saturated heterocycles. The Morgan fingerprint density at radius 1 is 1.17 bits per heavy atom. The molecule has 3 heterocycles. The van der Waals surface area contributed by atoms with Crippen molar-refractivity contribution in [3.63, 3.8) is 0 Å². The maximum atomic E-state index is 14.5. The molecule has 0 unspecified atom stereocenters. The van der Waals surface area contributed by atoms with Gasteiger partial charge in [-0.15, -0.1) is 0 Å². The molecule has 222 valence electrons. The molecule has 3 aromatic rings. The lowest BCUT2D eigenvalue weighted by atomic mass is 9.86. The number of sulfonamides is 1. The average Bonchev–Trinajstić information content (AvgIpc) is 3.54. The zero-order chi connectivity index (χ0) is 29.3. The largest absolute Gasteiger partial charge is 0.336 e. The predicted octanol–water partition coefficient (Wildman–Crippen LogP) is 4.93. The number of rotatable bonds is 9. The Hall–Kier alpha value is -2.82. The van der Waals surface area contributed by atoms with Crippen molar-refractivity contribution in [3.8, 4) is 5.69 Å². The third-order valence-electron chi connectivity index (χ3n) is 8.77. The molecular weight excluding hydrogens is 541 g/mol. The molecule has 2 aromatic heterocycles. The lowest BCUT2D eigenvalue weighted by Gasteiger charge is -2.31. The molecule has 0 bridgehead atoms. The van der Waals surface area contributed by atoms with Gasteiger partial charge in [-0.25, -0.2) is 17.5 Å². The number of nitrogens with one attached hydrogen (secondary N) is 1. The standard InChI is InChI=1S/C31H42FN5O3S/c1-5-36(21(2)3)31(38)27-16-24(32)8-11-29(27)37-20-28(26-12-14-33-17-30(26)37)23-13-15-35(19-23)18-22-6-9-25(10-7-22)34-41(4,39)40/h8,11-12,14,16-17,20-23,25,34H,5-7,9-10,13,15,18-19H2,1-4H3/t22?,23-,25?/m1/s1. The number of pyridine rings is 1. The molecule has 41 heavy (non-hydrogen) atoms. The number of carbonyl (C=O) groups is 1. The molecule has 0 spiro atoms. The second-order valence-corrected chi connectivity index (χ2v) is 13.8. The van der Waals surface area contributed by atoms with Crippen molar-refractivity contribution in [1.82, 2.24) is 24.1 Å². The van der Waals surface area contributed by atoms with E-state index < -0.39 is 15.8 Å². The van der Waals surface area contributed by atoms with Crippen molar-refractivity contribution >= 4 is 26.8 Å². The Morgan fingerprint density at radius 3 is 2.61 bits per heavy atom. The number of aromatic nitrogens is 2. The van der Waals surface area contributed by atoms with Gasteiger partial charge in [-0.05, 0) is 101 Å². The molecule has 1 aliphatic carbocycles. The van der Waals surface area contributed by atoms with Crippen LogP contribution in [-0.4, -0.2) is 78.2 Å². The van der Waals surface area contributed by atoms with Crippen molar-refractivity contribution < 1.29 is 17.6 Å². The van der Waals surface area contributed by atoms with Crippen LogP contribution < -0.4 is 4.72 Å². The van der Waals surface area contributed by atoms with E-state index in [4.69, 9.17) is 0 Å². The predicted molar refractivity (Wildman–Crippen MR) is 160 cm³/mol. The summed E-state index contributed by atoms with van der Waals surface area (Å²) in [6, 6.07) is 6.55. The smallest absolute Gasteiger partial charge is 0.256 e. The van der Waals surface area contributed by atoms with Gasteiger partial charge in [-0.1, -0.05) is 0 Å². The van der Waals surface area contributed by atoms with Crippen LogP contribution in [0.2, 0.25) is 0 Å². The molecule has 1 aromatic carbocycles. The summed E-state index contributed by atoms with van der Waals surface area (Å²) in [5.74, 6) is 0.302. The topological polar surface area (TPSA) is 87.5 Å². The zero-order valence-corrected chi connectivity index (χ0v) is 25.3. The van der Waals surface area contributed by atoms with Crippen LogP contribution in [0.4, 0.5) is 4.39 Å². The van der Waals surface area contributed by atoms with E-state index in [2.05, 4.69) is 20.8 Å². The van der Waals surface area contributed by atoms with Gasteiger partial charge in [0, 0.05) is 49.5 Å². The van der Waals surface area contributed by atoms with Crippen LogP contribution >= 0.6 is 0 Å². The van der Waals surface area contributed by atoms with Crippen LogP contribution in [0.1, 0.15) is 74.7 Å². The van der Waals surface area contributed by atoms with Crippen molar-refractivity contribution in [2.75, 3.05) is 32.4 Å². The number of carbonyl (C=O) groups excluding carboxylic acids is 1. The maximum absolute atomic E-state index is 14.5. The molecule has 0 radical (unpaired) electrons. The first-order valence-electron chi connectivity index (χ1n) is 14.8. The number of fused-ring (bicyclic) bond motifs is 1. The van der Waals surface area contributed by atoms with Crippen LogP contribution in [0.3, 0.4) is 0 Å². The van der Waals surface area contributed by atoms with E-state index in [9.17, 15) is 17.6 Å². The fraction of sp³-hybridized carbons (Fsp3) is 0.548. The second-order valence-electron chi connectivity index (χ2n) is 12.0. The number of hydrogen-bond acceptors (Lipinski definition) is 5. The number of halogens is 1. The van der Waals surface area contributed by atoms with Crippen LogP contribution in [0, 0.1) is 11.7 Å². The van der Waals surface area contributed by atoms with Crippen LogP contribution in [-0.2, 0) is 10.0 Å². The van der Waals surface area contributed by atoms with E-state index in [1.165, 1.54) is 24.0 Å². The van der Waals surface area contributed by atoms with Crippen molar-refractivity contribution in [3.05, 3.63) is 59.8 Å². The van der Waals surface area contributed by atoms with Crippen molar-refractivity contribution in [1.29, 1.82) is 0 Å². The highest BCUT2D eigenvalue weighted by atomic mass is 32.2. The molecule has 1 amide bonds. The lowest BCUT2D eigenvalue weighted by Crippen LogP contribution is -2.39. The number of nitrogens with zero attached hydrogens (tertiary/aromatic N) is 4. The minimum Gasteiger partial charge on any atom is -0.336 e. The third-order valence-corrected chi connectivity index (χ3v) is 9.53. The van der Waals surface area contributed by atoms with E-state index in [-0.39, 0.29) is 18.0 Å². The van der Waals surface area contributed by atoms with Gasteiger partial charge in [0.25, 0.3) is 5.91 Å².